The van der Waals surface area contributed by atoms with Crippen LogP contribution in [0.1, 0.15) is 41.1 Å². The molecule has 2 saturated heterocycles. The van der Waals surface area contributed by atoms with Gasteiger partial charge in [-0.15, -0.1) is 0 Å². The number of aromatic carboxylic acids is 1. The van der Waals surface area contributed by atoms with Crippen molar-refractivity contribution in [2.75, 3.05) is 52.9 Å². The number of amides is 1. The van der Waals surface area contributed by atoms with Crippen molar-refractivity contribution in [3.8, 4) is 0 Å². The van der Waals surface area contributed by atoms with Crippen molar-refractivity contribution in [3.63, 3.8) is 0 Å². The van der Waals surface area contributed by atoms with Crippen LogP contribution in [-0.4, -0.2) is 84.5 Å². The lowest BCUT2D eigenvalue weighted by Gasteiger charge is -2.35. The van der Waals surface area contributed by atoms with Crippen LogP contribution in [-0.2, 0) is 4.79 Å². The number of hydrogen-bond acceptors (Lipinski definition) is 4. The first-order valence-corrected chi connectivity index (χ1v) is 9.55. The summed E-state index contributed by atoms with van der Waals surface area (Å²) in [6.07, 6.45) is 2.65. The molecule has 0 spiro atoms. The zero-order chi connectivity index (χ0) is 18.5. The number of rotatable bonds is 5. The number of carboxylic acid groups (broad SMARTS) is 1. The second-order valence-corrected chi connectivity index (χ2v) is 7.50. The monoisotopic (exact) mass is 359 g/mol. The Balaban J connectivity index is 1.51. The van der Waals surface area contributed by atoms with Gasteiger partial charge < -0.3 is 19.8 Å². The van der Waals surface area contributed by atoms with Crippen LogP contribution in [0.4, 0.5) is 0 Å². The maximum absolute atomic E-state index is 12.6. The highest BCUT2D eigenvalue weighted by Crippen LogP contribution is 2.27. The van der Waals surface area contributed by atoms with Crippen molar-refractivity contribution >= 4 is 11.9 Å². The van der Waals surface area contributed by atoms with E-state index in [4.69, 9.17) is 5.11 Å². The third kappa shape index (κ3) is 4.83. The molecule has 0 bridgehead atoms. The fourth-order valence-corrected chi connectivity index (χ4v) is 3.86. The first kappa shape index (κ1) is 18.9. The van der Waals surface area contributed by atoms with Gasteiger partial charge >= 0.3 is 5.97 Å². The molecule has 1 aromatic carbocycles. The topological polar surface area (TPSA) is 64.1 Å². The molecule has 0 aromatic heterocycles. The standard InChI is InChI=1S/C20H29N3O3/c1-21-11-13-22(14-12-21)10-8-19(24)23-9-2-3-18(15-23)16-4-6-17(7-5-16)20(25)26/h4-7,18H,2-3,8-15H2,1H3,(H,25,26)/t18-/m1/s1. The van der Waals surface area contributed by atoms with Crippen molar-refractivity contribution in [2.45, 2.75) is 25.2 Å². The molecule has 1 N–H and O–H groups in total. The van der Waals surface area contributed by atoms with Crippen molar-refractivity contribution in [3.05, 3.63) is 35.4 Å². The molecule has 2 heterocycles. The first-order valence-electron chi connectivity index (χ1n) is 9.55. The molecule has 2 fully saturated rings. The van der Waals surface area contributed by atoms with Crippen LogP contribution in [0.15, 0.2) is 24.3 Å². The van der Waals surface area contributed by atoms with Crippen LogP contribution < -0.4 is 0 Å². The number of piperazine rings is 1. The smallest absolute Gasteiger partial charge is 0.335 e. The van der Waals surface area contributed by atoms with Gasteiger partial charge in [0.05, 0.1) is 5.56 Å². The van der Waals surface area contributed by atoms with Gasteiger partial charge in [0.2, 0.25) is 5.91 Å². The number of hydrogen-bond donors (Lipinski definition) is 1. The SMILES string of the molecule is CN1CCN(CCC(=O)N2CCC[C@@H](c3ccc(C(=O)O)cc3)C2)CC1. The predicted octanol–water partition coefficient (Wildman–Crippen LogP) is 1.73. The molecule has 0 radical (unpaired) electrons. The average molecular weight is 359 g/mol. The lowest BCUT2D eigenvalue weighted by Crippen LogP contribution is -2.46. The fourth-order valence-electron chi connectivity index (χ4n) is 3.86. The van der Waals surface area contributed by atoms with Crippen LogP contribution in [0.3, 0.4) is 0 Å². The van der Waals surface area contributed by atoms with E-state index in [0.717, 1.165) is 64.2 Å². The largest absolute Gasteiger partial charge is 0.478 e. The number of carbonyl (C=O) groups excluding carboxylic acids is 1. The molecule has 3 rings (SSSR count). The lowest BCUT2D eigenvalue weighted by molar-refractivity contribution is -0.132. The van der Waals surface area contributed by atoms with Gasteiger partial charge in [0, 0.05) is 58.2 Å². The summed E-state index contributed by atoms with van der Waals surface area (Å²) in [5.41, 5.74) is 1.44. The Morgan fingerprint density at radius 1 is 1.08 bits per heavy atom. The minimum absolute atomic E-state index is 0.246. The Labute approximate surface area is 155 Å². The van der Waals surface area contributed by atoms with Gasteiger partial charge in [0.1, 0.15) is 0 Å². The summed E-state index contributed by atoms with van der Waals surface area (Å²) in [4.78, 5) is 30.3. The van der Waals surface area contributed by atoms with Gasteiger partial charge in [-0.1, -0.05) is 12.1 Å². The fraction of sp³-hybridized carbons (Fsp3) is 0.600. The summed E-state index contributed by atoms with van der Waals surface area (Å²) >= 11 is 0. The number of likely N-dealkylation sites (tertiary alicyclic amines) is 1. The molecule has 6 heteroatoms. The van der Waals surface area contributed by atoms with E-state index in [9.17, 15) is 9.59 Å². The Morgan fingerprint density at radius 2 is 1.77 bits per heavy atom. The molecule has 26 heavy (non-hydrogen) atoms. The van der Waals surface area contributed by atoms with E-state index >= 15 is 0 Å². The third-order valence-electron chi connectivity index (χ3n) is 5.64. The second kappa shape index (κ2) is 8.64. The van der Waals surface area contributed by atoms with E-state index in [1.165, 1.54) is 0 Å². The minimum Gasteiger partial charge on any atom is -0.478 e. The maximum Gasteiger partial charge on any atom is 0.335 e. The zero-order valence-corrected chi connectivity index (χ0v) is 15.6. The first-order chi connectivity index (χ1) is 12.5. The quantitative estimate of drug-likeness (QED) is 0.867. The van der Waals surface area contributed by atoms with E-state index in [2.05, 4.69) is 16.8 Å². The lowest BCUT2D eigenvalue weighted by atomic mass is 9.90. The average Bonchev–Trinajstić information content (AvgIpc) is 2.67. The molecule has 2 aliphatic rings. The van der Waals surface area contributed by atoms with Gasteiger partial charge in [-0.3, -0.25) is 4.79 Å². The van der Waals surface area contributed by atoms with Gasteiger partial charge in [-0.05, 0) is 37.6 Å². The van der Waals surface area contributed by atoms with Crippen LogP contribution in [0.25, 0.3) is 0 Å². The molecule has 1 amide bonds. The third-order valence-corrected chi connectivity index (χ3v) is 5.64. The Hall–Kier alpha value is -1.92. The number of benzene rings is 1. The van der Waals surface area contributed by atoms with Crippen molar-refractivity contribution < 1.29 is 14.7 Å². The zero-order valence-electron chi connectivity index (χ0n) is 15.6. The van der Waals surface area contributed by atoms with E-state index in [-0.39, 0.29) is 5.91 Å². The van der Waals surface area contributed by atoms with Crippen LogP contribution in [0.5, 0.6) is 0 Å². The molecule has 0 saturated carbocycles. The van der Waals surface area contributed by atoms with E-state index in [1.807, 2.05) is 17.0 Å². The number of piperidine rings is 1. The van der Waals surface area contributed by atoms with Crippen LogP contribution in [0, 0.1) is 0 Å². The molecule has 2 aliphatic heterocycles. The van der Waals surface area contributed by atoms with E-state index in [0.29, 0.717) is 17.9 Å². The van der Waals surface area contributed by atoms with E-state index in [1.54, 1.807) is 12.1 Å². The summed E-state index contributed by atoms with van der Waals surface area (Å²) in [5, 5.41) is 9.02. The Morgan fingerprint density at radius 3 is 2.42 bits per heavy atom. The molecule has 1 aromatic rings. The van der Waals surface area contributed by atoms with Crippen LogP contribution in [0.2, 0.25) is 0 Å². The summed E-state index contributed by atoms with van der Waals surface area (Å²) < 4.78 is 0. The van der Waals surface area contributed by atoms with Crippen molar-refractivity contribution in [1.29, 1.82) is 0 Å². The summed E-state index contributed by atoms with van der Waals surface area (Å²) in [5.74, 6) is -0.351. The molecule has 1 atom stereocenters. The normalized spacial score (nSPS) is 22.3. The molecule has 0 aliphatic carbocycles. The molecular weight excluding hydrogens is 330 g/mol. The van der Waals surface area contributed by atoms with Gasteiger partial charge in [-0.25, -0.2) is 4.79 Å². The second-order valence-electron chi connectivity index (χ2n) is 7.50. The number of carbonyl (C=O) groups is 2. The molecule has 6 nitrogen and oxygen atoms in total. The Kier molecular flexibility index (Phi) is 6.27. The van der Waals surface area contributed by atoms with E-state index < -0.39 is 5.97 Å². The van der Waals surface area contributed by atoms with Gasteiger partial charge in [0.15, 0.2) is 0 Å². The molecule has 0 unspecified atom stereocenters. The number of nitrogens with zero attached hydrogens (tertiary/aromatic N) is 3. The van der Waals surface area contributed by atoms with Gasteiger partial charge in [-0.2, -0.15) is 0 Å². The highest BCUT2D eigenvalue weighted by Gasteiger charge is 2.25. The minimum atomic E-state index is -0.902. The number of likely N-dealkylation sites (N-methyl/N-ethyl adjacent to an activating group) is 1. The van der Waals surface area contributed by atoms with Crippen molar-refractivity contribution in [2.24, 2.45) is 0 Å². The van der Waals surface area contributed by atoms with Crippen LogP contribution >= 0.6 is 0 Å². The highest BCUT2D eigenvalue weighted by molar-refractivity contribution is 5.87. The Bertz CT molecular complexity index is 624. The van der Waals surface area contributed by atoms with Gasteiger partial charge in [0.25, 0.3) is 0 Å². The molecule has 142 valence electrons. The van der Waals surface area contributed by atoms with Crippen molar-refractivity contribution in [1.82, 2.24) is 14.7 Å². The highest BCUT2D eigenvalue weighted by atomic mass is 16.4. The summed E-state index contributed by atoms with van der Waals surface area (Å²) in [6, 6.07) is 7.11. The summed E-state index contributed by atoms with van der Waals surface area (Å²) in [7, 11) is 2.14. The molecular formula is C20H29N3O3. The maximum atomic E-state index is 12.6. The predicted molar refractivity (Wildman–Crippen MR) is 101 cm³/mol. The summed E-state index contributed by atoms with van der Waals surface area (Å²) in [6.45, 7) is 6.67. The number of carboxylic acids is 1.